The molecule has 0 saturated carbocycles. The van der Waals surface area contributed by atoms with E-state index in [1.807, 2.05) is 62.6 Å². The van der Waals surface area contributed by atoms with Gasteiger partial charge in [0.1, 0.15) is 12.5 Å². The SMILES string of the molecule is Cc1ccn(-c2coc(C3(c4nc(-n5ccc(C)n5)co4)c4ccccc4-c4ccccc43)n2)n1. The van der Waals surface area contributed by atoms with Gasteiger partial charge in [-0.25, -0.2) is 9.36 Å². The highest BCUT2D eigenvalue weighted by atomic mass is 16.4. The van der Waals surface area contributed by atoms with E-state index in [4.69, 9.17) is 18.8 Å². The summed E-state index contributed by atoms with van der Waals surface area (Å²) in [7, 11) is 0. The molecular weight excluding hydrogens is 440 g/mol. The molecule has 0 unspecified atom stereocenters. The molecule has 170 valence electrons. The molecule has 1 aliphatic carbocycles. The van der Waals surface area contributed by atoms with Crippen molar-refractivity contribution in [1.29, 1.82) is 0 Å². The van der Waals surface area contributed by atoms with Crippen LogP contribution < -0.4 is 0 Å². The number of nitrogens with zero attached hydrogens (tertiary/aromatic N) is 6. The third-order valence-electron chi connectivity index (χ3n) is 6.49. The molecule has 0 spiro atoms. The van der Waals surface area contributed by atoms with Crippen LogP contribution in [0.1, 0.15) is 34.3 Å². The average Bonchev–Trinajstić information content (AvgIpc) is 3.69. The number of oxazole rings is 2. The fraction of sp³-hybridized carbons (Fsp3) is 0.111. The molecule has 0 radical (unpaired) electrons. The molecule has 0 fully saturated rings. The lowest BCUT2D eigenvalue weighted by Crippen LogP contribution is -2.29. The first kappa shape index (κ1) is 19.7. The van der Waals surface area contributed by atoms with E-state index in [0.29, 0.717) is 23.4 Å². The van der Waals surface area contributed by atoms with Gasteiger partial charge in [-0.3, -0.25) is 0 Å². The van der Waals surface area contributed by atoms with Crippen LogP contribution in [0.5, 0.6) is 0 Å². The molecule has 8 nitrogen and oxygen atoms in total. The first-order valence-corrected chi connectivity index (χ1v) is 11.3. The molecule has 2 aromatic carbocycles. The van der Waals surface area contributed by atoms with Crippen LogP contribution in [0, 0.1) is 13.8 Å². The highest BCUT2D eigenvalue weighted by Gasteiger charge is 2.53. The molecule has 0 atom stereocenters. The Morgan fingerprint density at radius 3 is 1.51 bits per heavy atom. The molecule has 1 aliphatic rings. The lowest BCUT2D eigenvalue weighted by atomic mass is 9.77. The van der Waals surface area contributed by atoms with Crippen LogP contribution >= 0.6 is 0 Å². The number of aromatic nitrogens is 6. The zero-order valence-electron chi connectivity index (χ0n) is 19.1. The van der Waals surface area contributed by atoms with Crippen LogP contribution in [0.25, 0.3) is 22.8 Å². The molecule has 0 N–H and O–H groups in total. The number of fused-ring (bicyclic) bond motifs is 3. The first-order valence-electron chi connectivity index (χ1n) is 11.3. The number of hydrogen-bond acceptors (Lipinski definition) is 6. The van der Waals surface area contributed by atoms with Crippen LogP contribution in [0.4, 0.5) is 0 Å². The number of aryl methyl sites for hydroxylation is 2. The maximum absolute atomic E-state index is 6.21. The summed E-state index contributed by atoms with van der Waals surface area (Å²) >= 11 is 0. The Kier molecular flexibility index (Phi) is 4.02. The molecule has 0 amide bonds. The molecule has 0 bridgehead atoms. The monoisotopic (exact) mass is 460 g/mol. The van der Waals surface area contributed by atoms with Crippen molar-refractivity contribution >= 4 is 0 Å². The van der Waals surface area contributed by atoms with Gasteiger partial charge in [0, 0.05) is 12.4 Å². The topological polar surface area (TPSA) is 87.7 Å². The predicted molar refractivity (Wildman–Crippen MR) is 128 cm³/mol. The molecule has 8 heteroatoms. The van der Waals surface area contributed by atoms with E-state index in [0.717, 1.165) is 33.6 Å². The fourth-order valence-corrected chi connectivity index (χ4v) is 4.96. The zero-order chi connectivity index (χ0) is 23.6. The van der Waals surface area contributed by atoms with E-state index < -0.39 is 5.41 Å². The smallest absolute Gasteiger partial charge is 0.220 e. The second kappa shape index (κ2) is 7.14. The van der Waals surface area contributed by atoms with Gasteiger partial charge in [0.25, 0.3) is 0 Å². The van der Waals surface area contributed by atoms with E-state index in [1.54, 1.807) is 21.9 Å². The quantitative estimate of drug-likeness (QED) is 0.367. The lowest BCUT2D eigenvalue weighted by molar-refractivity contribution is 0.380. The molecular formula is C27H20N6O2. The van der Waals surface area contributed by atoms with Gasteiger partial charge in [0.05, 0.1) is 11.4 Å². The summed E-state index contributed by atoms with van der Waals surface area (Å²) in [4.78, 5) is 9.84. The van der Waals surface area contributed by atoms with Crippen molar-refractivity contribution in [3.63, 3.8) is 0 Å². The highest BCUT2D eigenvalue weighted by Crippen LogP contribution is 2.55. The van der Waals surface area contributed by atoms with Gasteiger partial charge in [-0.1, -0.05) is 48.5 Å². The summed E-state index contributed by atoms with van der Waals surface area (Å²) in [5.74, 6) is 2.10. The summed E-state index contributed by atoms with van der Waals surface area (Å²) in [6.45, 7) is 3.88. The van der Waals surface area contributed by atoms with Crippen LogP contribution in [0.15, 0.2) is 94.4 Å². The van der Waals surface area contributed by atoms with Crippen molar-refractivity contribution in [3.05, 3.63) is 120 Å². The standard InChI is InChI=1S/C27H20N6O2/c1-17-11-13-32(30-17)23-15-34-25(28-23)27(26-29-24(16-35-26)33-14-12-18(2)31-33)21-9-5-3-7-19(21)20-8-4-6-10-22(20)27/h3-16H,1-2H3. The summed E-state index contributed by atoms with van der Waals surface area (Å²) in [5.41, 5.74) is 4.99. The minimum Gasteiger partial charge on any atom is -0.445 e. The van der Waals surface area contributed by atoms with E-state index in [1.165, 1.54) is 0 Å². The molecule has 35 heavy (non-hydrogen) atoms. The Hall–Kier alpha value is -4.72. The minimum absolute atomic E-state index is 0.461. The van der Waals surface area contributed by atoms with E-state index >= 15 is 0 Å². The van der Waals surface area contributed by atoms with Crippen LogP contribution in [-0.2, 0) is 5.41 Å². The van der Waals surface area contributed by atoms with E-state index in [-0.39, 0.29) is 0 Å². The van der Waals surface area contributed by atoms with Gasteiger partial charge >= 0.3 is 0 Å². The van der Waals surface area contributed by atoms with Gasteiger partial charge < -0.3 is 8.83 Å². The molecule has 6 aromatic rings. The van der Waals surface area contributed by atoms with Crippen molar-refractivity contribution < 1.29 is 8.83 Å². The second-order valence-electron chi connectivity index (χ2n) is 8.67. The normalized spacial score (nSPS) is 13.7. The Balaban J connectivity index is 1.51. The summed E-state index contributed by atoms with van der Waals surface area (Å²) in [6.07, 6.45) is 6.97. The molecule has 0 aliphatic heterocycles. The fourth-order valence-electron chi connectivity index (χ4n) is 4.96. The number of hydrogen-bond donors (Lipinski definition) is 0. The molecule has 0 saturated heterocycles. The van der Waals surface area contributed by atoms with Gasteiger partial charge in [0.2, 0.25) is 11.8 Å². The predicted octanol–water partition coefficient (Wildman–Crippen LogP) is 5.01. The summed E-state index contributed by atoms with van der Waals surface area (Å²) in [6, 6.07) is 20.3. The first-order chi connectivity index (χ1) is 17.1. The van der Waals surface area contributed by atoms with E-state index in [2.05, 4.69) is 34.5 Å². The molecule has 4 heterocycles. The van der Waals surface area contributed by atoms with E-state index in [9.17, 15) is 0 Å². The Morgan fingerprint density at radius 1 is 0.629 bits per heavy atom. The molecule has 4 aromatic heterocycles. The van der Waals surface area contributed by atoms with Crippen LogP contribution in [0.3, 0.4) is 0 Å². The minimum atomic E-state index is -0.978. The van der Waals surface area contributed by atoms with Crippen molar-refractivity contribution in [2.24, 2.45) is 0 Å². The maximum Gasteiger partial charge on any atom is 0.220 e. The Labute approximate surface area is 200 Å². The van der Waals surface area contributed by atoms with Crippen molar-refractivity contribution in [1.82, 2.24) is 29.5 Å². The number of benzene rings is 2. The maximum atomic E-state index is 6.21. The third-order valence-corrected chi connectivity index (χ3v) is 6.49. The van der Waals surface area contributed by atoms with Gasteiger partial charge in [-0.15, -0.1) is 0 Å². The summed E-state index contributed by atoms with van der Waals surface area (Å²) < 4.78 is 15.8. The largest absolute Gasteiger partial charge is 0.445 e. The van der Waals surface area contributed by atoms with Gasteiger partial charge in [0.15, 0.2) is 17.1 Å². The lowest BCUT2D eigenvalue weighted by Gasteiger charge is -2.25. The third kappa shape index (κ3) is 2.73. The molecule has 7 rings (SSSR count). The number of rotatable bonds is 4. The highest BCUT2D eigenvalue weighted by molar-refractivity contribution is 5.84. The van der Waals surface area contributed by atoms with Gasteiger partial charge in [-0.05, 0) is 48.2 Å². The summed E-state index contributed by atoms with van der Waals surface area (Å²) in [5, 5.41) is 8.99. The Morgan fingerprint density at radius 2 is 1.09 bits per heavy atom. The van der Waals surface area contributed by atoms with Crippen molar-refractivity contribution in [3.8, 4) is 22.8 Å². The average molecular weight is 460 g/mol. The van der Waals surface area contributed by atoms with Crippen LogP contribution in [-0.4, -0.2) is 29.5 Å². The Bertz CT molecular complexity index is 1580. The van der Waals surface area contributed by atoms with Gasteiger partial charge in [-0.2, -0.15) is 20.2 Å². The van der Waals surface area contributed by atoms with Crippen LogP contribution in [0.2, 0.25) is 0 Å². The van der Waals surface area contributed by atoms with Crippen molar-refractivity contribution in [2.75, 3.05) is 0 Å². The van der Waals surface area contributed by atoms with Crippen molar-refractivity contribution in [2.45, 2.75) is 19.3 Å². The zero-order valence-corrected chi connectivity index (χ0v) is 19.1. The second-order valence-corrected chi connectivity index (χ2v) is 8.67.